The van der Waals surface area contributed by atoms with Crippen LogP contribution >= 0.6 is 0 Å². The van der Waals surface area contributed by atoms with Crippen molar-refractivity contribution in [3.05, 3.63) is 83.9 Å². The molecule has 7 heteroatoms. The highest BCUT2D eigenvalue weighted by molar-refractivity contribution is 7.92. The lowest BCUT2D eigenvalue weighted by atomic mass is 10.1. The van der Waals surface area contributed by atoms with Crippen molar-refractivity contribution in [3.8, 4) is 5.75 Å². The lowest BCUT2D eigenvalue weighted by molar-refractivity contribution is 0.102. The van der Waals surface area contributed by atoms with Gasteiger partial charge in [0.15, 0.2) is 0 Å². The molecular formula is C22H22N2O4S. The molecule has 0 spiro atoms. The number of amides is 1. The maximum atomic E-state index is 12.8. The van der Waals surface area contributed by atoms with E-state index in [0.717, 1.165) is 0 Å². The average Bonchev–Trinajstić information content (AvgIpc) is 2.69. The van der Waals surface area contributed by atoms with Crippen LogP contribution in [-0.2, 0) is 10.0 Å². The SMILES string of the molecule is CCOc1cccc(NC(=O)c2ccc(C)c(S(=O)(=O)Nc3ccccc3)c2)c1. The van der Waals surface area contributed by atoms with Crippen LogP contribution in [-0.4, -0.2) is 20.9 Å². The fourth-order valence-electron chi connectivity index (χ4n) is 2.78. The molecule has 3 aromatic rings. The molecule has 150 valence electrons. The smallest absolute Gasteiger partial charge is 0.262 e. The summed E-state index contributed by atoms with van der Waals surface area (Å²) in [5.74, 6) is 0.236. The molecule has 0 radical (unpaired) electrons. The van der Waals surface area contributed by atoms with Crippen molar-refractivity contribution in [2.75, 3.05) is 16.6 Å². The van der Waals surface area contributed by atoms with Crippen molar-refractivity contribution in [2.24, 2.45) is 0 Å². The molecule has 2 N–H and O–H groups in total. The van der Waals surface area contributed by atoms with Crippen LogP contribution in [0.15, 0.2) is 77.7 Å². The van der Waals surface area contributed by atoms with E-state index in [1.54, 1.807) is 73.7 Å². The first-order chi connectivity index (χ1) is 13.9. The number of sulfonamides is 1. The third kappa shape index (κ3) is 5.14. The summed E-state index contributed by atoms with van der Waals surface area (Å²) in [7, 11) is -3.84. The van der Waals surface area contributed by atoms with E-state index in [0.29, 0.717) is 29.3 Å². The van der Waals surface area contributed by atoms with Crippen molar-refractivity contribution < 1.29 is 17.9 Å². The Morgan fingerprint density at radius 2 is 1.66 bits per heavy atom. The molecule has 0 bridgehead atoms. The van der Waals surface area contributed by atoms with Gasteiger partial charge in [0.25, 0.3) is 15.9 Å². The summed E-state index contributed by atoms with van der Waals surface area (Å²) in [5, 5.41) is 2.77. The summed E-state index contributed by atoms with van der Waals surface area (Å²) in [5.41, 5.74) is 1.80. The molecule has 29 heavy (non-hydrogen) atoms. The van der Waals surface area contributed by atoms with Crippen LogP contribution in [0.3, 0.4) is 0 Å². The van der Waals surface area contributed by atoms with Crippen molar-refractivity contribution in [1.82, 2.24) is 0 Å². The second kappa shape index (κ2) is 8.79. The van der Waals surface area contributed by atoms with Gasteiger partial charge in [-0.05, 0) is 55.8 Å². The Balaban J connectivity index is 1.84. The zero-order valence-corrected chi connectivity index (χ0v) is 17.0. The Labute approximate surface area is 170 Å². The quantitative estimate of drug-likeness (QED) is 0.603. The van der Waals surface area contributed by atoms with Crippen molar-refractivity contribution in [3.63, 3.8) is 0 Å². The highest BCUT2D eigenvalue weighted by Gasteiger charge is 2.19. The average molecular weight is 410 g/mol. The minimum absolute atomic E-state index is 0.0528. The molecule has 0 unspecified atom stereocenters. The summed E-state index contributed by atoms with van der Waals surface area (Å²) >= 11 is 0. The molecule has 6 nitrogen and oxygen atoms in total. The first-order valence-corrected chi connectivity index (χ1v) is 10.6. The molecule has 3 aromatic carbocycles. The lowest BCUT2D eigenvalue weighted by Gasteiger charge is -2.12. The number of anilines is 2. The van der Waals surface area contributed by atoms with Gasteiger partial charge >= 0.3 is 0 Å². The van der Waals surface area contributed by atoms with Gasteiger partial charge in [0, 0.05) is 23.0 Å². The molecule has 0 saturated carbocycles. The van der Waals surface area contributed by atoms with Crippen molar-refractivity contribution in [1.29, 1.82) is 0 Å². The van der Waals surface area contributed by atoms with Crippen LogP contribution in [0, 0.1) is 6.92 Å². The van der Waals surface area contributed by atoms with E-state index in [-0.39, 0.29) is 10.5 Å². The van der Waals surface area contributed by atoms with E-state index in [1.165, 1.54) is 6.07 Å². The number of ether oxygens (including phenoxy) is 1. The van der Waals surface area contributed by atoms with Gasteiger partial charge in [-0.3, -0.25) is 9.52 Å². The van der Waals surface area contributed by atoms with E-state index in [2.05, 4.69) is 10.0 Å². The summed E-state index contributed by atoms with van der Waals surface area (Å²) in [6.45, 7) is 4.08. The summed E-state index contributed by atoms with van der Waals surface area (Å²) in [6.07, 6.45) is 0. The minimum atomic E-state index is -3.84. The third-order valence-corrected chi connectivity index (χ3v) is 5.69. The molecule has 0 aliphatic heterocycles. The largest absolute Gasteiger partial charge is 0.494 e. The first kappa shape index (κ1) is 20.4. The fourth-order valence-corrected chi connectivity index (χ4v) is 4.11. The fraction of sp³-hybridized carbons (Fsp3) is 0.136. The van der Waals surface area contributed by atoms with Gasteiger partial charge in [-0.15, -0.1) is 0 Å². The molecular weight excluding hydrogens is 388 g/mol. The lowest BCUT2D eigenvalue weighted by Crippen LogP contribution is -2.17. The van der Waals surface area contributed by atoms with E-state index < -0.39 is 15.9 Å². The number of carbonyl (C=O) groups is 1. The van der Waals surface area contributed by atoms with Crippen LogP contribution in [0.1, 0.15) is 22.8 Å². The van der Waals surface area contributed by atoms with E-state index >= 15 is 0 Å². The number of carbonyl (C=O) groups excluding carboxylic acids is 1. The number of rotatable bonds is 7. The van der Waals surface area contributed by atoms with Gasteiger partial charge in [0.05, 0.1) is 11.5 Å². The normalized spacial score (nSPS) is 11.0. The topological polar surface area (TPSA) is 84.5 Å². The van der Waals surface area contributed by atoms with Gasteiger partial charge in [-0.1, -0.05) is 30.3 Å². The number of para-hydroxylation sites is 1. The summed E-state index contributed by atoms with van der Waals surface area (Å²) in [6, 6.07) is 20.2. The van der Waals surface area contributed by atoms with Crippen LogP contribution < -0.4 is 14.8 Å². The Morgan fingerprint density at radius 3 is 2.38 bits per heavy atom. The second-order valence-electron chi connectivity index (χ2n) is 6.37. The minimum Gasteiger partial charge on any atom is -0.494 e. The third-order valence-electron chi connectivity index (χ3n) is 4.17. The number of hydrogen-bond donors (Lipinski definition) is 2. The Hall–Kier alpha value is -3.32. The highest BCUT2D eigenvalue weighted by Crippen LogP contribution is 2.22. The van der Waals surface area contributed by atoms with Gasteiger partial charge in [-0.2, -0.15) is 0 Å². The molecule has 1 amide bonds. The molecule has 3 rings (SSSR count). The summed E-state index contributed by atoms with van der Waals surface area (Å²) in [4.78, 5) is 12.7. The van der Waals surface area contributed by atoms with Crippen molar-refractivity contribution in [2.45, 2.75) is 18.7 Å². The zero-order valence-electron chi connectivity index (χ0n) is 16.2. The highest BCUT2D eigenvalue weighted by atomic mass is 32.2. The summed E-state index contributed by atoms with van der Waals surface area (Å²) < 4.78 is 33.6. The maximum Gasteiger partial charge on any atom is 0.262 e. The standard InChI is InChI=1S/C22H22N2O4S/c1-3-28-20-11-7-10-19(15-20)23-22(25)17-13-12-16(2)21(14-17)29(26,27)24-18-8-5-4-6-9-18/h4-15,24H,3H2,1-2H3,(H,23,25). The predicted molar refractivity (Wildman–Crippen MR) is 114 cm³/mol. The van der Waals surface area contributed by atoms with Crippen LogP contribution in [0.25, 0.3) is 0 Å². The van der Waals surface area contributed by atoms with Gasteiger partial charge in [-0.25, -0.2) is 8.42 Å². The number of nitrogens with one attached hydrogen (secondary N) is 2. The van der Waals surface area contributed by atoms with Crippen LogP contribution in [0.5, 0.6) is 5.75 Å². The Morgan fingerprint density at radius 1 is 0.931 bits per heavy atom. The van der Waals surface area contributed by atoms with Gasteiger partial charge < -0.3 is 10.1 Å². The number of aryl methyl sites for hydroxylation is 1. The maximum absolute atomic E-state index is 12.8. The Kier molecular flexibility index (Phi) is 6.19. The van der Waals surface area contributed by atoms with Crippen molar-refractivity contribution >= 4 is 27.3 Å². The predicted octanol–water partition coefficient (Wildman–Crippen LogP) is 4.45. The van der Waals surface area contributed by atoms with Crippen LogP contribution in [0.4, 0.5) is 11.4 Å². The number of hydrogen-bond acceptors (Lipinski definition) is 4. The van der Waals surface area contributed by atoms with Gasteiger partial charge in [0.1, 0.15) is 5.75 Å². The first-order valence-electron chi connectivity index (χ1n) is 9.12. The molecule has 0 aliphatic rings. The molecule has 0 aromatic heterocycles. The van der Waals surface area contributed by atoms with E-state index in [4.69, 9.17) is 4.74 Å². The van der Waals surface area contributed by atoms with E-state index in [1.807, 2.05) is 6.92 Å². The zero-order chi connectivity index (χ0) is 20.9. The van der Waals surface area contributed by atoms with Gasteiger partial charge in [0.2, 0.25) is 0 Å². The molecule has 0 fully saturated rings. The molecule has 0 heterocycles. The van der Waals surface area contributed by atoms with E-state index in [9.17, 15) is 13.2 Å². The second-order valence-corrected chi connectivity index (χ2v) is 8.02. The van der Waals surface area contributed by atoms with Crippen LogP contribution in [0.2, 0.25) is 0 Å². The molecule has 0 atom stereocenters. The monoisotopic (exact) mass is 410 g/mol. The Bertz CT molecular complexity index is 1110. The number of benzene rings is 3. The molecule has 0 aliphatic carbocycles. The molecule has 0 saturated heterocycles.